The van der Waals surface area contributed by atoms with E-state index in [0.29, 0.717) is 31.0 Å². The molecule has 0 atom stereocenters. The normalized spacial score (nSPS) is 11.7. The number of hydrogen-bond acceptors (Lipinski definition) is 3. The van der Waals surface area contributed by atoms with Gasteiger partial charge in [0.25, 0.3) is 0 Å². The van der Waals surface area contributed by atoms with Gasteiger partial charge in [-0.15, -0.1) is 10.2 Å². The third-order valence-electron chi connectivity index (χ3n) is 4.17. The van der Waals surface area contributed by atoms with Gasteiger partial charge in [-0.3, -0.25) is 9.39 Å². The van der Waals surface area contributed by atoms with Gasteiger partial charge >= 0.3 is 0 Å². The van der Waals surface area contributed by atoms with Crippen LogP contribution in [0, 0.1) is 11.6 Å². The van der Waals surface area contributed by atoms with Gasteiger partial charge in [0.15, 0.2) is 11.6 Å². The number of pyridine rings is 1. The summed E-state index contributed by atoms with van der Waals surface area (Å²) in [5, 5.41) is 14.6. The minimum atomic E-state index is -0.435. The molecule has 2 N–H and O–H groups in total. The second-order valence-electron chi connectivity index (χ2n) is 6.06. The number of nitrogens with one attached hydrogen (secondary N) is 2. The lowest BCUT2D eigenvalue weighted by atomic mass is 10.1. The predicted molar refractivity (Wildman–Crippen MR) is 101 cm³/mol. The van der Waals surface area contributed by atoms with E-state index in [4.69, 9.17) is 0 Å². The molecule has 0 unspecified atom stereocenters. The first kappa shape index (κ1) is 18.8. The van der Waals surface area contributed by atoms with Crippen LogP contribution < -0.4 is 10.6 Å². The molecule has 0 saturated heterocycles. The molecule has 0 fully saturated rings. The molecule has 0 spiro atoms. The molecule has 142 valence electrons. The molecular weight excluding hydrogens is 350 g/mol. The molecule has 0 amide bonds. The summed E-state index contributed by atoms with van der Waals surface area (Å²) in [6.45, 7) is 1.16. The molecule has 27 heavy (non-hydrogen) atoms. The van der Waals surface area contributed by atoms with E-state index in [1.54, 1.807) is 7.05 Å². The molecule has 0 bridgehead atoms. The molecule has 0 saturated carbocycles. The Bertz CT molecular complexity index is 921. The molecule has 1 aromatic carbocycles. The summed E-state index contributed by atoms with van der Waals surface area (Å²) in [7, 11) is 1.67. The number of aliphatic imine (C=N–C) groups is 1. The maximum Gasteiger partial charge on any atom is 0.190 e. The Morgan fingerprint density at radius 2 is 1.93 bits per heavy atom. The van der Waals surface area contributed by atoms with E-state index in [2.05, 4.69) is 25.8 Å². The largest absolute Gasteiger partial charge is 0.356 e. The van der Waals surface area contributed by atoms with E-state index in [9.17, 15) is 8.78 Å². The molecule has 0 aliphatic carbocycles. The van der Waals surface area contributed by atoms with Crippen molar-refractivity contribution in [1.29, 1.82) is 0 Å². The van der Waals surface area contributed by atoms with Crippen LogP contribution in [0.3, 0.4) is 0 Å². The highest BCUT2D eigenvalue weighted by Crippen LogP contribution is 2.09. The smallest absolute Gasteiger partial charge is 0.190 e. The van der Waals surface area contributed by atoms with Gasteiger partial charge in [0.05, 0.1) is 0 Å². The second-order valence-corrected chi connectivity index (χ2v) is 6.06. The quantitative estimate of drug-likeness (QED) is 0.380. The van der Waals surface area contributed by atoms with Crippen molar-refractivity contribution in [3.05, 3.63) is 65.6 Å². The van der Waals surface area contributed by atoms with Gasteiger partial charge in [0.1, 0.15) is 17.5 Å². The second kappa shape index (κ2) is 9.07. The first-order valence-electron chi connectivity index (χ1n) is 8.84. The van der Waals surface area contributed by atoms with Crippen LogP contribution in [0.2, 0.25) is 0 Å². The lowest BCUT2D eigenvalue weighted by molar-refractivity contribution is 0.583. The van der Waals surface area contributed by atoms with Gasteiger partial charge in [-0.25, -0.2) is 8.78 Å². The maximum atomic E-state index is 13.6. The van der Waals surface area contributed by atoms with E-state index in [1.807, 2.05) is 28.8 Å². The highest BCUT2D eigenvalue weighted by atomic mass is 19.1. The van der Waals surface area contributed by atoms with Crippen molar-refractivity contribution in [2.45, 2.75) is 19.3 Å². The molecule has 3 rings (SSSR count). The van der Waals surface area contributed by atoms with Crippen LogP contribution in [0.5, 0.6) is 0 Å². The summed E-state index contributed by atoms with van der Waals surface area (Å²) in [6.07, 6.45) is 3.96. The molecule has 0 aliphatic heterocycles. The fraction of sp³-hybridized carbons (Fsp3) is 0.316. The Morgan fingerprint density at radius 1 is 1.07 bits per heavy atom. The minimum Gasteiger partial charge on any atom is -0.356 e. The van der Waals surface area contributed by atoms with Crippen molar-refractivity contribution in [3.8, 4) is 0 Å². The first-order valence-corrected chi connectivity index (χ1v) is 8.84. The highest BCUT2D eigenvalue weighted by molar-refractivity contribution is 5.79. The zero-order valence-electron chi connectivity index (χ0n) is 15.1. The van der Waals surface area contributed by atoms with Gasteiger partial charge in [0, 0.05) is 32.8 Å². The van der Waals surface area contributed by atoms with Crippen LogP contribution in [0.1, 0.15) is 17.8 Å². The molecule has 2 aromatic heterocycles. The van der Waals surface area contributed by atoms with Crippen LogP contribution in [-0.2, 0) is 12.8 Å². The van der Waals surface area contributed by atoms with E-state index in [1.165, 1.54) is 6.07 Å². The number of guanidine groups is 1. The number of nitrogens with zero attached hydrogens (tertiary/aromatic N) is 4. The third kappa shape index (κ3) is 4.99. The first-order chi connectivity index (χ1) is 13.2. The summed E-state index contributed by atoms with van der Waals surface area (Å²) in [4.78, 5) is 4.14. The minimum absolute atomic E-state index is 0.344. The van der Waals surface area contributed by atoms with E-state index in [0.717, 1.165) is 36.4 Å². The molecule has 3 aromatic rings. The van der Waals surface area contributed by atoms with Crippen molar-refractivity contribution in [2.24, 2.45) is 4.99 Å². The number of aromatic nitrogens is 3. The number of halogens is 2. The molecule has 6 nitrogen and oxygen atoms in total. The SMILES string of the molecule is CN=C(NCCCc1nnc2ccccn12)NCCc1cc(F)ccc1F. The highest BCUT2D eigenvalue weighted by Gasteiger charge is 2.06. The number of benzene rings is 1. The van der Waals surface area contributed by atoms with E-state index in [-0.39, 0.29) is 0 Å². The van der Waals surface area contributed by atoms with Crippen molar-refractivity contribution >= 4 is 11.6 Å². The molecular formula is C19H22F2N6. The van der Waals surface area contributed by atoms with Gasteiger partial charge in [-0.1, -0.05) is 6.07 Å². The van der Waals surface area contributed by atoms with Crippen molar-refractivity contribution < 1.29 is 8.78 Å². The summed E-state index contributed by atoms with van der Waals surface area (Å²) in [5.74, 6) is 0.700. The molecule has 2 heterocycles. The summed E-state index contributed by atoms with van der Waals surface area (Å²) in [6, 6.07) is 9.28. The van der Waals surface area contributed by atoms with E-state index >= 15 is 0 Å². The van der Waals surface area contributed by atoms with Gasteiger partial charge in [0.2, 0.25) is 0 Å². The monoisotopic (exact) mass is 372 g/mol. The average molecular weight is 372 g/mol. The summed E-state index contributed by atoms with van der Waals surface area (Å²) < 4.78 is 28.8. The predicted octanol–water partition coefficient (Wildman–Crippen LogP) is 2.35. The Morgan fingerprint density at radius 3 is 2.78 bits per heavy atom. The van der Waals surface area contributed by atoms with Crippen LogP contribution in [0.4, 0.5) is 8.78 Å². The lowest BCUT2D eigenvalue weighted by Crippen LogP contribution is -2.38. The zero-order chi connectivity index (χ0) is 19.1. The Hall–Kier alpha value is -3.03. The Kier molecular flexibility index (Phi) is 6.30. The van der Waals surface area contributed by atoms with Crippen LogP contribution >= 0.6 is 0 Å². The zero-order valence-corrected chi connectivity index (χ0v) is 15.1. The fourth-order valence-electron chi connectivity index (χ4n) is 2.79. The van der Waals surface area contributed by atoms with Crippen LogP contribution in [-0.4, -0.2) is 40.7 Å². The molecule has 8 heteroatoms. The fourth-order valence-corrected chi connectivity index (χ4v) is 2.79. The van der Waals surface area contributed by atoms with E-state index < -0.39 is 11.6 Å². The lowest BCUT2D eigenvalue weighted by Gasteiger charge is -2.12. The van der Waals surface area contributed by atoms with Crippen LogP contribution in [0.25, 0.3) is 5.65 Å². The average Bonchev–Trinajstić information content (AvgIpc) is 3.09. The molecule has 0 radical (unpaired) electrons. The van der Waals surface area contributed by atoms with Crippen LogP contribution in [0.15, 0.2) is 47.6 Å². The van der Waals surface area contributed by atoms with Gasteiger partial charge in [-0.2, -0.15) is 0 Å². The Balaban J connectivity index is 1.41. The summed E-state index contributed by atoms with van der Waals surface area (Å²) >= 11 is 0. The molecule has 0 aliphatic rings. The number of hydrogen-bond donors (Lipinski definition) is 2. The van der Waals surface area contributed by atoms with Crippen molar-refractivity contribution in [3.63, 3.8) is 0 Å². The number of rotatable bonds is 7. The Labute approximate surface area is 156 Å². The van der Waals surface area contributed by atoms with Gasteiger partial charge < -0.3 is 10.6 Å². The maximum absolute atomic E-state index is 13.6. The van der Waals surface area contributed by atoms with Crippen molar-refractivity contribution in [1.82, 2.24) is 25.2 Å². The topological polar surface area (TPSA) is 66.6 Å². The van der Waals surface area contributed by atoms with Crippen molar-refractivity contribution in [2.75, 3.05) is 20.1 Å². The third-order valence-corrected chi connectivity index (χ3v) is 4.17. The number of aryl methyl sites for hydroxylation is 1. The number of fused-ring (bicyclic) bond motifs is 1. The van der Waals surface area contributed by atoms with Gasteiger partial charge in [-0.05, 0) is 48.7 Å². The standard InChI is InChI=1S/C19H22F2N6/c1-22-19(24-11-9-14-13-15(20)7-8-16(14)21)23-10-4-6-18-26-25-17-5-2-3-12-27(17)18/h2-3,5,7-8,12-13H,4,6,9-11H2,1H3,(H2,22,23,24). The summed E-state index contributed by atoms with van der Waals surface area (Å²) in [5.41, 5.74) is 1.18.